The van der Waals surface area contributed by atoms with E-state index >= 15 is 0 Å². The zero-order chi connectivity index (χ0) is 16.7. The van der Waals surface area contributed by atoms with Gasteiger partial charge in [-0.3, -0.25) is 4.79 Å². The highest BCUT2D eigenvalue weighted by molar-refractivity contribution is 6.07. The number of para-hydroxylation sites is 1. The van der Waals surface area contributed by atoms with E-state index in [-0.39, 0.29) is 5.57 Å². The number of hydrogen-bond acceptors (Lipinski definition) is 4. The fourth-order valence-corrected chi connectivity index (χ4v) is 2.13. The summed E-state index contributed by atoms with van der Waals surface area (Å²) in [4.78, 5) is 16.4. The first kappa shape index (κ1) is 16.2. The fourth-order valence-electron chi connectivity index (χ4n) is 2.13. The number of carbonyl (C=O) groups excluding carboxylic acids is 1. The molecule has 1 aromatic heterocycles. The standard InChI is InChI=1S/C18H18N4O/c1-3-14-8-6-7-13(2)17(14)22-18(23)15(11-19)12-21-16-9-4-5-10-20-16/h4-10,12H,3H2,1-2H3,(H,20,21)(H,22,23)/b15-12-. The second-order valence-corrected chi connectivity index (χ2v) is 4.95. The number of nitriles is 1. The molecular weight excluding hydrogens is 288 g/mol. The van der Waals surface area contributed by atoms with Gasteiger partial charge in [0.1, 0.15) is 17.5 Å². The summed E-state index contributed by atoms with van der Waals surface area (Å²) >= 11 is 0. The summed E-state index contributed by atoms with van der Waals surface area (Å²) in [6.45, 7) is 3.95. The molecule has 0 bridgehead atoms. The van der Waals surface area contributed by atoms with Crippen LogP contribution in [0.15, 0.2) is 54.4 Å². The van der Waals surface area contributed by atoms with Crippen LogP contribution in [0.1, 0.15) is 18.1 Å². The molecule has 0 saturated heterocycles. The first-order valence-electron chi connectivity index (χ1n) is 7.33. The van der Waals surface area contributed by atoms with E-state index in [9.17, 15) is 10.1 Å². The Bertz CT molecular complexity index is 760. The smallest absolute Gasteiger partial charge is 0.267 e. The molecule has 0 spiro atoms. The minimum atomic E-state index is -0.445. The van der Waals surface area contributed by atoms with Gasteiger partial charge in [0, 0.05) is 18.1 Å². The highest BCUT2D eigenvalue weighted by atomic mass is 16.1. The van der Waals surface area contributed by atoms with Gasteiger partial charge in [-0.25, -0.2) is 4.98 Å². The van der Waals surface area contributed by atoms with Crippen molar-refractivity contribution in [1.29, 1.82) is 5.26 Å². The van der Waals surface area contributed by atoms with Gasteiger partial charge in [-0.15, -0.1) is 0 Å². The van der Waals surface area contributed by atoms with E-state index in [0.717, 1.165) is 23.2 Å². The van der Waals surface area contributed by atoms with Crippen molar-refractivity contribution in [2.45, 2.75) is 20.3 Å². The van der Waals surface area contributed by atoms with Crippen LogP contribution in [0.5, 0.6) is 0 Å². The molecule has 0 aliphatic heterocycles. The largest absolute Gasteiger partial charge is 0.345 e. The van der Waals surface area contributed by atoms with E-state index in [2.05, 4.69) is 15.6 Å². The Morgan fingerprint density at radius 3 is 2.78 bits per heavy atom. The molecule has 2 aromatic rings. The Labute approximate surface area is 135 Å². The number of rotatable bonds is 5. The summed E-state index contributed by atoms with van der Waals surface area (Å²) in [5.41, 5.74) is 2.75. The molecule has 1 amide bonds. The third-order valence-corrected chi connectivity index (χ3v) is 3.37. The number of nitrogens with zero attached hydrogens (tertiary/aromatic N) is 2. The van der Waals surface area contributed by atoms with Crippen LogP contribution < -0.4 is 10.6 Å². The van der Waals surface area contributed by atoms with Gasteiger partial charge in [-0.05, 0) is 36.6 Å². The van der Waals surface area contributed by atoms with Crippen molar-refractivity contribution in [2.75, 3.05) is 10.6 Å². The van der Waals surface area contributed by atoms with Crippen LogP contribution in [-0.4, -0.2) is 10.9 Å². The quantitative estimate of drug-likeness (QED) is 0.655. The minimum absolute atomic E-state index is 0.0130. The first-order chi connectivity index (χ1) is 11.2. The number of pyridine rings is 1. The SMILES string of the molecule is CCc1cccc(C)c1NC(=O)/C(C#N)=C\Nc1ccccn1. The van der Waals surface area contributed by atoms with Crippen LogP contribution in [0.4, 0.5) is 11.5 Å². The normalized spacial score (nSPS) is 10.7. The summed E-state index contributed by atoms with van der Waals surface area (Å²) in [7, 11) is 0. The summed E-state index contributed by atoms with van der Waals surface area (Å²) in [5.74, 6) is 0.123. The van der Waals surface area contributed by atoms with Crippen molar-refractivity contribution in [1.82, 2.24) is 4.98 Å². The zero-order valence-electron chi connectivity index (χ0n) is 13.1. The molecule has 5 heteroatoms. The summed E-state index contributed by atoms with van der Waals surface area (Å²) in [6.07, 6.45) is 3.79. The van der Waals surface area contributed by atoms with Crippen LogP contribution in [0.3, 0.4) is 0 Å². The Kier molecular flexibility index (Phi) is 5.48. The van der Waals surface area contributed by atoms with Crippen LogP contribution in [0.2, 0.25) is 0 Å². The predicted molar refractivity (Wildman–Crippen MR) is 90.7 cm³/mol. The van der Waals surface area contributed by atoms with Gasteiger partial charge < -0.3 is 10.6 Å². The highest BCUT2D eigenvalue weighted by Gasteiger charge is 2.12. The number of amides is 1. The number of anilines is 2. The van der Waals surface area contributed by atoms with Crippen molar-refractivity contribution in [3.63, 3.8) is 0 Å². The maximum atomic E-state index is 12.3. The lowest BCUT2D eigenvalue weighted by Crippen LogP contribution is -2.16. The number of benzene rings is 1. The van der Waals surface area contributed by atoms with Gasteiger partial charge >= 0.3 is 0 Å². The maximum Gasteiger partial charge on any atom is 0.267 e. The molecular formula is C18H18N4O. The second kappa shape index (κ2) is 7.76. The molecule has 0 aliphatic carbocycles. The maximum absolute atomic E-state index is 12.3. The average molecular weight is 306 g/mol. The Morgan fingerprint density at radius 1 is 1.30 bits per heavy atom. The van der Waals surface area contributed by atoms with Crippen molar-refractivity contribution in [3.05, 3.63) is 65.5 Å². The van der Waals surface area contributed by atoms with Crippen molar-refractivity contribution >= 4 is 17.4 Å². The molecule has 0 fully saturated rings. The number of hydrogen-bond donors (Lipinski definition) is 2. The summed E-state index contributed by atoms with van der Waals surface area (Å²) in [6, 6.07) is 13.1. The van der Waals surface area contributed by atoms with Crippen molar-refractivity contribution < 1.29 is 4.79 Å². The number of aromatic nitrogens is 1. The summed E-state index contributed by atoms with van der Waals surface area (Å²) < 4.78 is 0. The molecule has 1 aromatic carbocycles. The molecule has 0 saturated carbocycles. The van der Waals surface area contributed by atoms with Gasteiger partial charge in [0.2, 0.25) is 0 Å². The average Bonchev–Trinajstić information content (AvgIpc) is 2.58. The lowest BCUT2D eigenvalue weighted by atomic mass is 10.1. The number of carbonyl (C=O) groups is 1. The van der Waals surface area contributed by atoms with Crippen LogP contribution >= 0.6 is 0 Å². The predicted octanol–water partition coefficient (Wildman–Crippen LogP) is 3.41. The van der Waals surface area contributed by atoms with Crippen LogP contribution in [0, 0.1) is 18.3 Å². The van der Waals surface area contributed by atoms with E-state index in [1.165, 1.54) is 6.20 Å². The van der Waals surface area contributed by atoms with E-state index in [1.807, 2.05) is 44.2 Å². The number of aryl methyl sites for hydroxylation is 2. The van der Waals surface area contributed by atoms with Gasteiger partial charge in [0.25, 0.3) is 5.91 Å². The van der Waals surface area contributed by atoms with E-state index in [4.69, 9.17) is 0 Å². The molecule has 0 radical (unpaired) electrons. The van der Waals surface area contributed by atoms with Gasteiger partial charge in [0.15, 0.2) is 0 Å². The Hall–Kier alpha value is -3.13. The van der Waals surface area contributed by atoms with E-state index in [0.29, 0.717) is 5.82 Å². The molecule has 0 atom stereocenters. The van der Waals surface area contributed by atoms with Crippen LogP contribution in [0.25, 0.3) is 0 Å². The molecule has 1 heterocycles. The van der Waals surface area contributed by atoms with Crippen LogP contribution in [-0.2, 0) is 11.2 Å². The number of nitrogens with one attached hydrogen (secondary N) is 2. The third kappa shape index (κ3) is 4.17. The van der Waals surface area contributed by atoms with Crippen molar-refractivity contribution in [3.8, 4) is 6.07 Å². The second-order valence-electron chi connectivity index (χ2n) is 4.95. The fraction of sp³-hybridized carbons (Fsp3) is 0.167. The van der Waals surface area contributed by atoms with Gasteiger partial charge in [0.05, 0.1) is 0 Å². The molecule has 0 aliphatic rings. The van der Waals surface area contributed by atoms with E-state index in [1.54, 1.807) is 18.3 Å². The molecule has 5 nitrogen and oxygen atoms in total. The lowest BCUT2D eigenvalue weighted by molar-refractivity contribution is -0.112. The minimum Gasteiger partial charge on any atom is -0.345 e. The molecule has 2 N–H and O–H groups in total. The van der Waals surface area contributed by atoms with Gasteiger partial charge in [-0.2, -0.15) is 5.26 Å². The molecule has 23 heavy (non-hydrogen) atoms. The highest BCUT2D eigenvalue weighted by Crippen LogP contribution is 2.21. The Balaban J connectivity index is 2.17. The molecule has 2 rings (SSSR count). The van der Waals surface area contributed by atoms with Gasteiger partial charge in [-0.1, -0.05) is 31.2 Å². The monoisotopic (exact) mass is 306 g/mol. The van der Waals surface area contributed by atoms with E-state index < -0.39 is 5.91 Å². The zero-order valence-corrected chi connectivity index (χ0v) is 13.1. The lowest BCUT2D eigenvalue weighted by Gasteiger charge is -2.12. The topological polar surface area (TPSA) is 77.8 Å². The summed E-state index contributed by atoms with van der Waals surface area (Å²) in [5, 5.41) is 14.9. The Morgan fingerprint density at radius 2 is 2.13 bits per heavy atom. The molecule has 0 unspecified atom stereocenters. The first-order valence-corrected chi connectivity index (χ1v) is 7.33. The third-order valence-electron chi connectivity index (χ3n) is 3.37. The van der Waals surface area contributed by atoms with Crippen molar-refractivity contribution in [2.24, 2.45) is 0 Å². The molecule has 116 valence electrons.